The van der Waals surface area contributed by atoms with Crippen LogP contribution in [0.5, 0.6) is 0 Å². The highest BCUT2D eigenvalue weighted by Crippen LogP contribution is 2.38. The van der Waals surface area contributed by atoms with Crippen molar-refractivity contribution in [3.63, 3.8) is 0 Å². The second-order valence-corrected chi connectivity index (χ2v) is 10.1. The maximum atomic E-state index is 13.7. The van der Waals surface area contributed by atoms with E-state index in [1.807, 2.05) is 25.3 Å². The van der Waals surface area contributed by atoms with E-state index < -0.39 is 5.91 Å². The molecule has 0 spiro atoms. The number of H-pyrrole nitrogens is 2. The van der Waals surface area contributed by atoms with Crippen molar-refractivity contribution in [1.29, 1.82) is 0 Å². The summed E-state index contributed by atoms with van der Waals surface area (Å²) in [7, 11) is 0. The lowest BCUT2D eigenvalue weighted by atomic mass is 10.0. The molecule has 0 radical (unpaired) electrons. The van der Waals surface area contributed by atoms with Gasteiger partial charge in [0.15, 0.2) is 0 Å². The molecule has 2 heterocycles. The average Bonchev–Trinajstić information content (AvgIpc) is 3.57. The van der Waals surface area contributed by atoms with Gasteiger partial charge in [-0.3, -0.25) is 14.9 Å². The molecule has 6 nitrogen and oxygen atoms in total. The molecule has 4 N–H and O–H groups in total. The van der Waals surface area contributed by atoms with E-state index in [1.54, 1.807) is 11.6 Å². The quantitative estimate of drug-likeness (QED) is 0.128. The van der Waals surface area contributed by atoms with E-state index in [0.29, 0.717) is 5.15 Å². The van der Waals surface area contributed by atoms with Crippen LogP contribution in [0.25, 0.3) is 17.0 Å². The van der Waals surface area contributed by atoms with Gasteiger partial charge in [-0.1, -0.05) is 29.8 Å². The Balaban J connectivity index is 1.42. The molecule has 0 saturated carbocycles. The van der Waals surface area contributed by atoms with Crippen LogP contribution >= 0.6 is 11.6 Å². The standard InChI is InChI=1S/C29H30ClFN4O2/c1-17-18(2)29(30)33-26(17)16-35(12-11-21-15-32-25-14-22(31)6-8-23(21)25)27-9-5-20-13-19(3-7-24(20)27)4-10-28(36)34-37/h3-4,6-8,10,13-15,27,32-33,37H,5,9,11-12,16H2,1-2H3,(H,34,36)/b10-4+. The first kappa shape index (κ1) is 25.3. The number of carbonyl (C=O) groups is 1. The molecule has 192 valence electrons. The highest BCUT2D eigenvalue weighted by Gasteiger charge is 2.29. The molecule has 1 unspecified atom stereocenters. The largest absolute Gasteiger partial charge is 0.361 e. The Morgan fingerprint density at radius 3 is 2.84 bits per heavy atom. The van der Waals surface area contributed by atoms with E-state index in [4.69, 9.17) is 16.8 Å². The van der Waals surface area contributed by atoms with Gasteiger partial charge in [-0.25, -0.2) is 9.87 Å². The molecular weight excluding hydrogens is 491 g/mol. The fourth-order valence-corrected chi connectivity index (χ4v) is 5.61. The van der Waals surface area contributed by atoms with Crippen LogP contribution in [0.4, 0.5) is 4.39 Å². The summed E-state index contributed by atoms with van der Waals surface area (Å²) < 4.78 is 13.7. The lowest BCUT2D eigenvalue weighted by Crippen LogP contribution is -2.30. The van der Waals surface area contributed by atoms with E-state index in [1.165, 1.54) is 40.5 Å². The molecule has 37 heavy (non-hydrogen) atoms. The van der Waals surface area contributed by atoms with Crippen LogP contribution in [0.3, 0.4) is 0 Å². The number of benzene rings is 2. The minimum absolute atomic E-state index is 0.234. The van der Waals surface area contributed by atoms with Crippen LogP contribution in [0.2, 0.25) is 5.15 Å². The second-order valence-electron chi connectivity index (χ2n) is 9.71. The highest BCUT2D eigenvalue weighted by molar-refractivity contribution is 6.30. The summed E-state index contributed by atoms with van der Waals surface area (Å²) >= 11 is 6.42. The van der Waals surface area contributed by atoms with Crippen molar-refractivity contribution in [2.24, 2.45) is 0 Å². The monoisotopic (exact) mass is 520 g/mol. The van der Waals surface area contributed by atoms with Gasteiger partial charge in [0.25, 0.3) is 5.91 Å². The number of halogens is 2. The number of hydrogen-bond acceptors (Lipinski definition) is 3. The number of hydroxylamine groups is 1. The normalized spacial score (nSPS) is 15.2. The van der Waals surface area contributed by atoms with E-state index in [9.17, 15) is 9.18 Å². The van der Waals surface area contributed by atoms with Gasteiger partial charge >= 0.3 is 0 Å². The highest BCUT2D eigenvalue weighted by atomic mass is 35.5. The smallest absolute Gasteiger partial charge is 0.267 e. The zero-order valence-corrected chi connectivity index (χ0v) is 21.6. The summed E-state index contributed by atoms with van der Waals surface area (Å²) in [6.07, 6.45) is 7.75. The van der Waals surface area contributed by atoms with Crippen LogP contribution in [-0.4, -0.2) is 32.5 Å². The molecular formula is C29H30ClFN4O2. The number of amides is 1. The van der Waals surface area contributed by atoms with E-state index in [2.05, 4.69) is 33.9 Å². The van der Waals surface area contributed by atoms with Crippen molar-refractivity contribution >= 4 is 34.5 Å². The van der Waals surface area contributed by atoms with Crippen molar-refractivity contribution in [2.45, 2.75) is 45.7 Å². The predicted octanol–water partition coefficient (Wildman–Crippen LogP) is 6.16. The molecule has 1 atom stereocenters. The van der Waals surface area contributed by atoms with Gasteiger partial charge in [0.2, 0.25) is 0 Å². The van der Waals surface area contributed by atoms with Crippen molar-refractivity contribution in [2.75, 3.05) is 6.54 Å². The first-order valence-electron chi connectivity index (χ1n) is 12.4. The van der Waals surface area contributed by atoms with Gasteiger partial charge in [-0.05, 0) is 90.8 Å². The lowest BCUT2D eigenvalue weighted by Gasteiger charge is -2.30. The third-order valence-corrected chi connectivity index (χ3v) is 7.93. The maximum absolute atomic E-state index is 13.7. The molecule has 1 aliphatic rings. The summed E-state index contributed by atoms with van der Waals surface area (Å²) in [6, 6.07) is 11.4. The Labute approximate surface area is 220 Å². The minimum atomic E-state index is -0.556. The predicted molar refractivity (Wildman–Crippen MR) is 144 cm³/mol. The summed E-state index contributed by atoms with van der Waals surface area (Å²) in [4.78, 5) is 20.4. The van der Waals surface area contributed by atoms with Crippen LogP contribution in [0, 0.1) is 19.7 Å². The van der Waals surface area contributed by atoms with Crippen molar-refractivity contribution in [3.8, 4) is 0 Å². The Bertz CT molecular complexity index is 1490. The number of nitrogens with one attached hydrogen (secondary N) is 3. The van der Waals surface area contributed by atoms with Crippen molar-refractivity contribution < 1.29 is 14.4 Å². The van der Waals surface area contributed by atoms with Crippen LogP contribution in [0.15, 0.2) is 48.7 Å². The van der Waals surface area contributed by atoms with Gasteiger partial charge in [0, 0.05) is 48.0 Å². The summed E-state index contributed by atoms with van der Waals surface area (Å²) in [5, 5.41) is 10.5. The zero-order chi connectivity index (χ0) is 26.1. The molecule has 2 aromatic heterocycles. The number of nitrogens with zero attached hydrogens (tertiary/aromatic N) is 1. The number of fused-ring (bicyclic) bond motifs is 2. The Morgan fingerprint density at radius 2 is 2.08 bits per heavy atom. The topological polar surface area (TPSA) is 84.2 Å². The molecule has 4 aromatic rings. The molecule has 5 rings (SSSR count). The van der Waals surface area contributed by atoms with Crippen LogP contribution < -0.4 is 5.48 Å². The maximum Gasteiger partial charge on any atom is 0.267 e. The zero-order valence-electron chi connectivity index (χ0n) is 20.9. The number of carbonyl (C=O) groups excluding carboxylic acids is 1. The number of aryl methyl sites for hydroxylation is 1. The van der Waals surface area contributed by atoms with Gasteiger partial charge in [-0.15, -0.1) is 0 Å². The molecule has 0 saturated heterocycles. The number of aromatic amines is 2. The second kappa shape index (κ2) is 10.5. The van der Waals surface area contributed by atoms with Crippen molar-refractivity contribution in [1.82, 2.24) is 20.3 Å². The minimum Gasteiger partial charge on any atom is -0.361 e. The average molecular weight is 521 g/mol. The SMILES string of the molecule is Cc1c(Cl)[nH]c(CN(CCc2c[nH]c3cc(F)ccc23)C2CCc3cc(/C=C/C(=O)NO)ccc32)c1C. The summed E-state index contributed by atoms with van der Waals surface area (Å²) in [6.45, 7) is 5.69. The summed E-state index contributed by atoms with van der Waals surface area (Å²) in [5.41, 5.74) is 10.4. The van der Waals surface area contributed by atoms with Crippen LogP contribution in [0.1, 0.15) is 51.5 Å². The number of aromatic nitrogens is 2. The van der Waals surface area contributed by atoms with E-state index in [0.717, 1.165) is 60.1 Å². The van der Waals surface area contributed by atoms with Gasteiger partial charge in [0.05, 0.1) is 0 Å². The van der Waals surface area contributed by atoms with E-state index >= 15 is 0 Å². The molecule has 1 aliphatic carbocycles. The molecule has 2 aromatic carbocycles. The Kier molecular flexibility index (Phi) is 7.20. The molecule has 8 heteroatoms. The van der Waals surface area contributed by atoms with E-state index in [-0.39, 0.29) is 11.9 Å². The third-order valence-electron chi connectivity index (χ3n) is 7.56. The van der Waals surface area contributed by atoms with Gasteiger partial charge in [0.1, 0.15) is 11.0 Å². The van der Waals surface area contributed by atoms with Crippen LogP contribution in [-0.2, 0) is 24.2 Å². The van der Waals surface area contributed by atoms with Crippen molar-refractivity contribution in [3.05, 3.63) is 98.7 Å². The Morgan fingerprint density at radius 1 is 1.24 bits per heavy atom. The summed E-state index contributed by atoms with van der Waals surface area (Å²) in [5.74, 6) is -0.800. The van der Waals surface area contributed by atoms with Gasteiger partial charge in [-0.2, -0.15) is 0 Å². The van der Waals surface area contributed by atoms with Gasteiger partial charge < -0.3 is 9.97 Å². The number of hydrogen-bond donors (Lipinski definition) is 4. The fourth-order valence-electron chi connectivity index (χ4n) is 5.35. The lowest BCUT2D eigenvalue weighted by molar-refractivity contribution is -0.124. The third kappa shape index (κ3) is 5.21. The first-order valence-corrected chi connectivity index (χ1v) is 12.8. The molecule has 1 amide bonds. The number of rotatable bonds is 8. The molecule has 0 fully saturated rings. The first-order chi connectivity index (χ1) is 17.8. The fraction of sp³-hybridized carbons (Fsp3) is 0.276. The molecule has 0 aliphatic heterocycles. The molecule has 0 bridgehead atoms. The Hall–Kier alpha value is -3.39.